The molecule has 3 nitrogen and oxygen atoms in total. The van der Waals surface area contributed by atoms with Crippen LogP contribution in [0.25, 0.3) is 0 Å². The van der Waals surface area contributed by atoms with Crippen LogP contribution in [0.5, 0.6) is 0 Å². The molecule has 88 valence electrons. The minimum absolute atomic E-state index is 0.759. The van der Waals surface area contributed by atoms with E-state index in [9.17, 15) is 0 Å². The highest BCUT2D eigenvalue weighted by Crippen LogP contribution is 2.26. The van der Waals surface area contributed by atoms with E-state index in [1.54, 1.807) is 0 Å². The fourth-order valence-electron chi connectivity index (χ4n) is 1.98. The molecule has 1 aliphatic rings. The van der Waals surface area contributed by atoms with Gasteiger partial charge in [-0.1, -0.05) is 6.08 Å². The van der Waals surface area contributed by atoms with Crippen LogP contribution >= 0.6 is 11.8 Å². The van der Waals surface area contributed by atoms with Gasteiger partial charge in [0.2, 0.25) is 5.95 Å². The van der Waals surface area contributed by atoms with E-state index in [1.807, 2.05) is 13.0 Å². The summed E-state index contributed by atoms with van der Waals surface area (Å²) in [6, 6.07) is 0. The Balaban J connectivity index is 1.93. The van der Waals surface area contributed by atoms with Crippen LogP contribution in [0, 0.1) is 6.92 Å². The van der Waals surface area contributed by atoms with Crippen LogP contribution in [0.4, 0.5) is 5.95 Å². The minimum atomic E-state index is 0.759. The molecule has 1 aromatic rings. The molecule has 1 atom stereocenters. The Morgan fingerprint density at radius 2 is 2.62 bits per heavy atom. The van der Waals surface area contributed by atoms with Crippen LogP contribution in [-0.2, 0) is 6.54 Å². The third-order valence-corrected chi connectivity index (χ3v) is 4.13. The van der Waals surface area contributed by atoms with Gasteiger partial charge < -0.3 is 9.88 Å². The zero-order valence-corrected chi connectivity index (χ0v) is 10.6. The number of imidazole rings is 1. The molecular formula is C12H19N3S. The maximum absolute atomic E-state index is 4.49. The Morgan fingerprint density at radius 1 is 1.75 bits per heavy atom. The van der Waals surface area contributed by atoms with Gasteiger partial charge in [-0.2, -0.15) is 11.8 Å². The van der Waals surface area contributed by atoms with E-state index >= 15 is 0 Å². The lowest BCUT2D eigenvalue weighted by Gasteiger charge is -2.11. The predicted octanol–water partition coefficient (Wildman–Crippen LogP) is 2.69. The molecule has 0 radical (unpaired) electrons. The number of aryl methyl sites for hydroxylation is 1. The molecule has 1 unspecified atom stereocenters. The van der Waals surface area contributed by atoms with Gasteiger partial charge in [0.15, 0.2) is 0 Å². The summed E-state index contributed by atoms with van der Waals surface area (Å²) in [6.45, 7) is 7.63. The highest BCUT2D eigenvalue weighted by molar-refractivity contribution is 8.00. The van der Waals surface area contributed by atoms with Gasteiger partial charge in [-0.05, 0) is 25.5 Å². The first-order valence-electron chi connectivity index (χ1n) is 5.79. The molecule has 2 rings (SSSR count). The van der Waals surface area contributed by atoms with Gasteiger partial charge >= 0.3 is 0 Å². The fourth-order valence-corrected chi connectivity index (χ4v) is 3.18. The third-order valence-electron chi connectivity index (χ3n) is 2.73. The molecule has 2 heterocycles. The fraction of sp³-hybridized carbons (Fsp3) is 0.583. The second-order valence-corrected chi connectivity index (χ2v) is 5.57. The van der Waals surface area contributed by atoms with E-state index in [0.29, 0.717) is 0 Å². The molecule has 1 aromatic heterocycles. The SMILES string of the molecule is C=CCn1cc(C)nc1NCC1CCCS1. The van der Waals surface area contributed by atoms with Gasteiger partial charge in [-0.3, -0.25) is 0 Å². The van der Waals surface area contributed by atoms with Crippen molar-refractivity contribution in [3.05, 3.63) is 24.5 Å². The van der Waals surface area contributed by atoms with E-state index in [0.717, 1.165) is 30.0 Å². The highest BCUT2D eigenvalue weighted by atomic mass is 32.2. The van der Waals surface area contributed by atoms with Crippen molar-refractivity contribution in [2.24, 2.45) is 0 Å². The number of hydrogen-bond acceptors (Lipinski definition) is 3. The van der Waals surface area contributed by atoms with E-state index < -0.39 is 0 Å². The standard InChI is InChI=1S/C12H19N3S/c1-3-6-15-9-10(2)14-12(15)13-8-11-5-4-7-16-11/h3,9,11H,1,4-8H2,2H3,(H,13,14). The van der Waals surface area contributed by atoms with Crippen molar-refractivity contribution in [2.45, 2.75) is 31.6 Å². The van der Waals surface area contributed by atoms with Crippen LogP contribution in [-0.4, -0.2) is 27.1 Å². The molecular weight excluding hydrogens is 218 g/mol. The van der Waals surface area contributed by atoms with Gasteiger partial charge in [0, 0.05) is 24.5 Å². The first-order chi connectivity index (χ1) is 7.79. The zero-order valence-electron chi connectivity index (χ0n) is 9.78. The van der Waals surface area contributed by atoms with Crippen LogP contribution in [0.2, 0.25) is 0 Å². The number of nitrogens with one attached hydrogen (secondary N) is 1. The molecule has 4 heteroatoms. The van der Waals surface area contributed by atoms with Crippen LogP contribution in [0.1, 0.15) is 18.5 Å². The maximum Gasteiger partial charge on any atom is 0.203 e. The molecule has 0 spiro atoms. The summed E-state index contributed by atoms with van der Waals surface area (Å²) in [5.41, 5.74) is 1.06. The molecule has 0 amide bonds. The number of thioether (sulfide) groups is 1. The topological polar surface area (TPSA) is 29.9 Å². The molecule has 0 saturated carbocycles. The van der Waals surface area contributed by atoms with E-state index in [1.165, 1.54) is 18.6 Å². The van der Waals surface area contributed by atoms with Gasteiger partial charge in [-0.25, -0.2) is 4.98 Å². The Labute approximate surface area is 101 Å². The van der Waals surface area contributed by atoms with E-state index in [4.69, 9.17) is 0 Å². The first-order valence-corrected chi connectivity index (χ1v) is 6.84. The average molecular weight is 237 g/mol. The van der Waals surface area contributed by atoms with E-state index in [2.05, 4.69) is 39.4 Å². The lowest BCUT2D eigenvalue weighted by Crippen LogP contribution is -2.16. The molecule has 1 fully saturated rings. The smallest absolute Gasteiger partial charge is 0.203 e. The normalized spacial score (nSPS) is 19.9. The van der Waals surface area contributed by atoms with Crippen molar-refractivity contribution < 1.29 is 0 Å². The molecule has 0 aliphatic carbocycles. The van der Waals surface area contributed by atoms with E-state index in [-0.39, 0.29) is 0 Å². The van der Waals surface area contributed by atoms with Gasteiger partial charge in [0.1, 0.15) is 0 Å². The summed E-state index contributed by atoms with van der Waals surface area (Å²) in [6.07, 6.45) is 6.65. The van der Waals surface area contributed by atoms with Crippen molar-refractivity contribution in [3.63, 3.8) is 0 Å². The van der Waals surface area contributed by atoms with Crippen molar-refractivity contribution >= 4 is 17.7 Å². The Morgan fingerprint density at radius 3 is 3.31 bits per heavy atom. The third kappa shape index (κ3) is 2.82. The summed E-state index contributed by atoms with van der Waals surface area (Å²) < 4.78 is 2.11. The largest absolute Gasteiger partial charge is 0.355 e. The van der Waals surface area contributed by atoms with Crippen molar-refractivity contribution in [1.82, 2.24) is 9.55 Å². The lowest BCUT2D eigenvalue weighted by molar-refractivity contribution is 0.778. The van der Waals surface area contributed by atoms with Crippen molar-refractivity contribution in [2.75, 3.05) is 17.6 Å². The Bertz CT molecular complexity index is 353. The molecule has 0 aromatic carbocycles. The highest BCUT2D eigenvalue weighted by Gasteiger charge is 2.15. The summed E-state index contributed by atoms with van der Waals surface area (Å²) >= 11 is 2.07. The number of allylic oxidation sites excluding steroid dienone is 1. The zero-order chi connectivity index (χ0) is 11.4. The first kappa shape index (κ1) is 11.6. The number of rotatable bonds is 5. The predicted molar refractivity (Wildman–Crippen MR) is 71.1 cm³/mol. The maximum atomic E-state index is 4.49. The second-order valence-electron chi connectivity index (χ2n) is 4.16. The quantitative estimate of drug-likeness (QED) is 0.799. The Hall–Kier alpha value is -0.900. The number of nitrogens with zero attached hydrogens (tertiary/aromatic N) is 2. The summed E-state index contributed by atoms with van der Waals surface area (Å²) in [7, 11) is 0. The number of aromatic nitrogens is 2. The molecule has 1 N–H and O–H groups in total. The number of hydrogen-bond donors (Lipinski definition) is 1. The van der Waals surface area contributed by atoms with Gasteiger partial charge in [-0.15, -0.1) is 6.58 Å². The molecule has 1 aliphatic heterocycles. The van der Waals surface area contributed by atoms with Crippen LogP contribution < -0.4 is 5.32 Å². The monoisotopic (exact) mass is 237 g/mol. The van der Waals surface area contributed by atoms with Gasteiger partial charge in [0.25, 0.3) is 0 Å². The average Bonchev–Trinajstić information content (AvgIpc) is 2.86. The molecule has 0 bridgehead atoms. The van der Waals surface area contributed by atoms with Crippen LogP contribution in [0.3, 0.4) is 0 Å². The van der Waals surface area contributed by atoms with Crippen molar-refractivity contribution in [3.8, 4) is 0 Å². The van der Waals surface area contributed by atoms with Crippen LogP contribution in [0.15, 0.2) is 18.9 Å². The second kappa shape index (κ2) is 5.43. The number of anilines is 1. The summed E-state index contributed by atoms with van der Waals surface area (Å²) in [5, 5.41) is 4.20. The van der Waals surface area contributed by atoms with Gasteiger partial charge in [0.05, 0.1) is 5.69 Å². The lowest BCUT2D eigenvalue weighted by atomic mass is 10.2. The summed E-state index contributed by atoms with van der Waals surface area (Å²) in [4.78, 5) is 4.49. The van der Waals surface area contributed by atoms with Crippen molar-refractivity contribution in [1.29, 1.82) is 0 Å². The Kier molecular flexibility index (Phi) is 3.93. The minimum Gasteiger partial charge on any atom is -0.355 e. The molecule has 1 saturated heterocycles. The molecule has 16 heavy (non-hydrogen) atoms. The summed E-state index contributed by atoms with van der Waals surface area (Å²) in [5.74, 6) is 2.29.